The minimum absolute atomic E-state index is 0.393. The van der Waals surface area contributed by atoms with Crippen molar-refractivity contribution in [1.29, 1.82) is 0 Å². The highest BCUT2D eigenvalue weighted by Gasteiger charge is 2.10. The number of hydrogen-bond donors (Lipinski definition) is 0. The van der Waals surface area contributed by atoms with Gasteiger partial charge in [0.1, 0.15) is 11.3 Å². The topological polar surface area (TPSA) is 35.5 Å². The molecule has 0 N–H and O–H groups in total. The van der Waals surface area contributed by atoms with Crippen LogP contribution in [0.4, 0.5) is 0 Å². The van der Waals surface area contributed by atoms with Gasteiger partial charge in [-0.1, -0.05) is 18.7 Å². The standard InChI is InChI=1S/C10H10O3/c1-3-13-10(11)8-6-4-5-7-9(8)12-2/h3-7H,1H2,2H3. The third-order valence-electron chi connectivity index (χ3n) is 1.52. The first kappa shape index (κ1) is 9.32. The van der Waals surface area contributed by atoms with Crippen molar-refractivity contribution in [2.45, 2.75) is 0 Å². The van der Waals surface area contributed by atoms with Gasteiger partial charge in [-0.15, -0.1) is 0 Å². The molecule has 0 unspecified atom stereocenters. The van der Waals surface area contributed by atoms with E-state index in [2.05, 4.69) is 11.3 Å². The first-order chi connectivity index (χ1) is 6.29. The number of methoxy groups -OCH3 is 1. The molecule has 0 bridgehead atoms. The molecule has 1 aromatic carbocycles. The third-order valence-corrected chi connectivity index (χ3v) is 1.52. The molecule has 0 amide bonds. The normalized spacial score (nSPS) is 9.00. The van der Waals surface area contributed by atoms with E-state index in [1.165, 1.54) is 7.11 Å². The van der Waals surface area contributed by atoms with Gasteiger partial charge < -0.3 is 9.47 Å². The first-order valence-electron chi connectivity index (χ1n) is 3.74. The summed E-state index contributed by atoms with van der Waals surface area (Å²) in [5.41, 5.74) is 0.393. The molecule has 1 aromatic rings. The maximum absolute atomic E-state index is 11.3. The number of hydrogen-bond acceptors (Lipinski definition) is 3. The molecule has 0 saturated carbocycles. The van der Waals surface area contributed by atoms with Crippen molar-refractivity contribution in [2.24, 2.45) is 0 Å². The molecule has 13 heavy (non-hydrogen) atoms. The van der Waals surface area contributed by atoms with Gasteiger partial charge in [0, 0.05) is 0 Å². The molecule has 0 fully saturated rings. The van der Waals surface area contributed by atoms with E-state index in [-0.39, 0.29) is 0 Å². The van der Waals surface area contributed by atoms with Crippen molar-refractivity contribution >= 4 is 5.97 Å². The Balaban J connectivity index is 2.98. The smallest absolute Gasteiger partial charge is 0.346 e. The van der Waals surface area contributed by atoms with Crippen molar-refractivity contribution in [3.05, 3.63) is 42.7 Å². The van der Waals surface area contributed by atoms with E-state index in [4.69, 9.17) is 4.74 Å². The van der Waals surface area contributed by atoms with Crippen LogP contribution in [0.25, 0.3) is 0 Å². The summed E-state index contributed by atoms with van der Waals surface area (Å²) in [4.78, 5) is 11.3. The molecule has 3 nitrogen and oxygen atoms in total. The highest BCUT2D eigenvalue weighted by Crippen LogP contribution is 2.17. The summed E-state index contributed by atoms with van der Waals surface area (Å²) >= 11 is 0. The lowest BCUT2D eigenvalue weighted by atomic mass is 10.2. The van der Waals surface area contributed by atoms with E-state index in [0.717, 1.165) is 6.26 Å². The Bertz CT molecular complexity index is 318. The summed E-state index contributed by atoms with van der Waals surface area (Å²) in [6, 6.07) is 6.84. The van der Waals surface area contributed by atoms with Gasteiger partial charge in [0.05, 0.1) is 13.4 Å². The Morgan fingerprint density at radius 2 is 2.15 bits per heavy atom. The molecule has 68 valence electrons. The highest BCUT2D eigenvalue weighted by atomic mass is 16.5. The fourth-order valence-corrected chi connectivity index (χ4v) is 0.952. The van der Waals surface area contributed by atoms with Gasteiger partial charge in [-0.05, 0) is 12.1 Å². The molecular formula is C10H10O3. The van der Waals surface area contributed by atoms with E-state index in [1.54, 1.807) is 24.3 Å². The van der Waals surface area contributed by atoms with Crippen LogP contribution in [0.1, 0.15) is 10.4 Å². The predicted molar refractivity (Wildman–Crippen MR) is 48.6 cm³/mol. The minimum Gasteiger partial charge on any atom is -0.496 e. The largest absolute Gasteiger partial charge is 0.496 e. The lowest BCUT2D eigenvalue weighted by molar-refractivity contribution is 0.0660. The summed E-state index contributed by atoms with van der Waals surface area (Å²) in [5, 5.41) is 0. The van der Waals surface area contributed by atoms with Crippen molar-refractivity contribution in [1.82, 2.24) is 0 Å². The van der Waals surface area contributed by atoms with Crippen LogP contribution in [-0.4, -0.2) is 13.1 Å². The lowest BCUT2D eigenvalue weighted by Crippen LogP contribution is -2.02. The molecule has 0 aromatic heterocycles. The van der Waals surface area contributed by atoms with Crippen molar-refractivity contribution < 1.29 is 14.3 Å². The number of para-hydroxylation sites is 1. The maximum Gasteiger partial charge on any atom is 0.346 e. The molecule has 0 aliphatic rings. The molecule has 0 aliphatic carbocycles. The average molecular weight is 178 g/mol. The van der Waals surface area contributed by atoms with Gasteiger partial charge in [-0.3, -0.25) is 0 Å². The maximum atomic E-state index is 11.3. The quantitative estimate of drug-likeness (QED) is 0.524. The number of ether oxygens (including phenoxy) is 2. The molecule has 0 heterocycles. The molecule has 0 spiro atoms. The van der Waals surface area contributed by atoms with E-state index < -0.39 is 5.97 Å². The molecule has 0 aliphatic heterocycles. The number of esters is 1. The summed E-state index contributed by atoms with van der Waals surface area (Å²) in [7, 11) is 1.50. The minimum atomic E-state index is -0.465. The zero-order valence-electron chi connectivity index (χ0n) is 7.32. The van der Waals surface area contributed by atoms with Crippen LogP contribution in [0.15, 0.2) is 37.1 Å². The number of benzene rings is 1. The van der Waals surface area contributed by atoms with Crippen LogP contribution in [0.3, 0.4) is 0 Å². The van der Waals surface area contributed by atoms with Gasteiger partial charge >= 0.3 is 5.97 Å². The van der Waals surface area contributed by atoms with Crippen LogP contribution in [0.2, 0.25) is 0 Å². The van der Waals surface area contributed by atoms with Crippen LogP contribution >= 0.6 is 0 Å². The van der Waals surface area contributed by atoms with Crippen LogP contribution < -0.4 is 4.74 Å². The van der Waals surface area contributed by atoms with Crippen LogP contribution in [0.5, 0.6) is 5.75 Å². The second kappa shape index (κ2) is 4.30. The Labute approximate surface area is 76.6 Å². The highest BCUT2D eigenvalue weighted by molar-refractivity contribution is 5.92. The first-order valence-corrected chi connectivity index (χ1v) is 3.74. The fraction of sp³-hybridized carbons (Fsp3) is 0.100. The molecule has 0 radical (unpaired) electrons. The fourth-order valence-electron chi connectivity index (χ4n) is 0.952. The Kier molecular flexibility index (Phi) is 3.09. The van der Waals surface area contributed by atoms with E-state index >= 15 is 0 Å². The van der Waals surface area contributed by atoms with Crippen molar-refractivity contribution in [3.8, 4) is 5.75 Å². The van der Waals surface area contributed by atoms with E-state index in [9.17, 15) is 4.79 Å². The summed E-state index contributed by atoms with van der Waals surface area (Å²) in [6.45, 7) is 3.30. The van der Waals surface area contributed by atoms with Gasteiger partial charge in [-0.2, -0.15) is 0 Å². The molecule has 3 heteroatoms. The molecule has 1 rings (SSSR count). The zero-order chi connectivity index (χ0) is 9.68. The monoisotopic (exact) mass is 178 g/mol. The zero-order valence-corrected chi connectivity index (χ0v) is 7.32. The van der Waals surface area contributed by atoms with Crippen LogP contribution in [0, 0.1) is 0 Å². The SMILES string of the molecule is C=COC(=O)c1ccccc1OC. The van der Waals surface area contributed by atoms with Gasteiger partial charge in [-0.25, -0.2) is 4.79 Å². The summed E-state index contributed by atoms with van der Waals surface area (Å²) in [6.07, 6.45) is 1.09. The van der Waals surface area contributed by atoms with E-state index in [0.29, 0.717) is 11.3 Å². The second-order valence-corrected chi connectivity index (χ2v) is 2.27. The third kappa shape index (κ3) is 2.08. The van der Waals surface area contributed by atoms with Gasteiger partial charge in [0.2, 0.25) is 0 Å². The predicted octanol–water partition coefficient (Wildman–Crippen LogP) is 2.00. The van der Waals surface area contributed by atoms with Crippen molar-refractivity contribution in [3.63, 3.8) is 0 Å². The lowest BCUT2D eigenvalue weighted by Gasteiger charge is -2.04. The summed E-state index contributed by atoms with van der Waals surface area (Å²) < 4.78 is 9.59. The molecule has 0 atom stereocenters. The number of rotatable bonds is 3. The van der Waals surface area contributed by atoms with Crippen LogP contribution in [-0.2, 0) is 4.74 Å². The molecular weight excluding hydrogens is 168 g/mol. The Morgan fingerprint density at radius 1 is 1.46 bits per heavy atom. The van der Waals surface area contributed by atoms with E-state index in [1.807, 2.05) is 0 Å². The van der Waals surface area contributed by atoms with Gasteiger partial charge in [0.15, 0.2) is 0 Å². The Morgan fingerprint density at radius 3 is 2.77 bits per heavy atom. The van der Waals surface area contributed by atoms with Crippen molar-refractivity contribution in [2.75, 3.05) is 7.11 Å². The number of carbonyl (C=O) groups is 1. The summed E-state index contributed by atoms with van der Waals surface area (Å²) in [5.74, 6) is 0.0294. The average Bonchev–Trinajstić information content (AvgIpc) is 2.18. The Hall–Kier alpha value is -1.77. The molecule has 0 saturated heterocycles. The second-order valence-electron chi connectivity index (χ2n) is 2.27. The van der Waals surface area contributed by atoms with Gasteiger partial charge in [0.25, 0.3) is 0 Å². The number of carbonyl (C=O) groups excluding carboxylic acids is 1.